The van der Waals surface area contributed by atoms with E-state index < -0.39 is 11.6 Å². The summed E-state index contributed by atoms with van der Waals surface area (Å²) >= 11 is 0. The Balaban J connectivity index is 1.47. The van der Waals surface area contributed by atoms with Gasteiger partial charge in [-0.3, -0.25) is 14.5 Å². The second-order valence-corrected chi connectivity index (χ2v) is 7.47. The molecule has 0 unspecified atom stereocenters. The van der Waals surface area contributed by atoms with Crippen molar-refractivity contribution in [1.29, 1.82) is 0 Å². The maximum absolute atomic E-state index is 12.7. The molecule has 0 aromatic heterocycles. The first-order chi connectivity index (χ1) is 12.9. The summed E-state index contributed by atoms with van der Waals surface area (Å²) in [5.41, 5.74) is 1.00. The molecule has 1 aromatic carbocycles. The monoisotopic (exact) mass is 373 g/mol. The lowest BCUT2D eigenvalue weighted by atomic mass is 9.82. The van der Waals surface area contributed by atoms with Gasteiger partial charge in [0, 0.05) is 19.5 Å². The number of urea groups is 1. The smallest absolute Gasteiger partial charge is 0.325 e. The van der Waals surface area contributed by atoms with Gasteiger partial charge in [-0.15, -0.1) is 0 Å². The Bertz CT molecular complexity index is 708. The molecule has 2 fully saturated rings. The van der Waals surface area contributed by atoms with E-state index in [1.54, 1.807) is 6.92 Å². The first kappa shape index (κ1) is 19.4. The predicted molar refractivity (Wildman–Crippen MR) is 99.6 cm³/mol. The molecule has 146 valence electrons. The second-order valence-electron chi connectivity index (χ2n) is 7.47. The van der Waals surface area contributed by atoms with Gasteiger partial charge in [-0.25, -0.2) is 4.79 Å². The first-order valence-electron chi connectivity index (χ1n) is 9.59. The van der Waals surface area contributed by atoms with Gasteiger partial charge in [0.1, 0.15) is 5.54 Å². The van der Waals surface area contributed by atoms with E-state index in [4.69, 9.17) is 0 Å². The maximum atomic E-state index is 12.7. The fourth-order valence-electron chi connectivity index (χ4n) is 3.79. The number of nitrogens with one attached hydrogen (secondary N) is 2. The molecule has 1 atom stereocenters. The van der Waals surface area contributed by atoms with Gasteiger partial charge in [-0.05, 0) is 30.9 Å². The minimum Gasteiger partial charge on any atom is -0.389 e. The third-order valence-electron chi connectivity index (χ3n) is 5.47. The Morgan fingerprint density at radius 3 is 2.52 bits per heavy atom. The molecule has 1 saturated carbocycles. The quantitative estimate of drug-likeness (QED) is 0.664. The first-order valence-corrected chi connectivity index (χ1v) is 9.59. The third kappa shape index (κ3) is 4.30. The van der Waals surface area contributed by atoms with Crippen LogP contribution in [0.1, 0.15) is 62.7 Å². The number of rotatable bonds is 6. The summed E-state index contributed by atoms with van der Waals surface area (Å²) in [6.45, 7) is 2.16. The number of carbonyl (C=O) groups is 3. The third-order valence-corrected chi connectivity index (χ3v) is 5.47. The van der Waals surface area contributed by atoms with Crippen molar-refractivity contribution in [3.63, 3.8) is 0 Å². The topological polar surface area (TPSA) is 98.7 Å². The second kappa shape index (κ2) is 8.08. The number of nitrogens with zero attached hydrogens (tertiary/aromatic N) is 1. The Kier molecular flexibility index (Phi) is 5.79. The number of imide groups is 1. The molecular weight excluding hydrogens is 346 g/mol. The van der Waals surface area contributed by atoms with Crippen LogP contribution in [0, 0.1) is 0 Å². The highest BCUT2D eigenvalue weighted by molar-refractivity contribution is 6.07. The van der Waals surface area contributed by atoms with Crippen molar-refractivity contribution in [3.05, 3.63) is 35.4 Å². The van der Waals surface area contributed by atoms with Crippen LogP contribution in [-0.4, -0.2) is 39.9 Å². The molecule has 1 spiro atoms. The molecule has 1 aliphatic carbocycles. The molecule has 0 bridgehead atoms. The van der Waals surface area contributed by atoms with Crippen molar-refractivity contribution >= 4 is 17.8 Å². The summed E-state index contributed by atoms with van der Waals surface area (Å²) in [7, 11) is 0. The molecule has 1 heterocycles. The lowest BCUT2D eigenvalue weighted by Gasteiger charge is -2.30. The predicted octanol–water partition coefficient (Wildman–Crippen LogP) is 2.00. The van der Waals surface area contributed by atoms with Crippen molar-refractivity contribution in [1.82, 2.24) is 15.5 Å². The highest BCUT2D eigenvalue weighted by Crippen LogP contribution is 2.33. The van der Waals surface area contributed by atoms with Crippen molar-refractivity contribution in [2.45, 2.75) is 63.6 Å². The minimum atomic E-state index is -0.739. The fraction of sp³-hybridized carbons (Fsp3) is 0.550. The van der Waals surface area contributed by atoms with Crippen LogP contribution < -0.4 is 10.6 Å². The number of hydrogen-bond acceptors (Lipinski definition) is 4. The lowest BCUT2D eigenvalue weighted by molar-refractivity contribution is -0.132. The summed E-state index contributed by atoms with van der Waals surface area (Å²) in [6.07, 6.45) is 3.89. The Hall–Kier alpha value is -2.41. The van der Waals surface area contributed by atoms with E-state index in [-0.39, 0.29) is 30.8 Å². The number of hydrogen-bond donors (Lipinski definition) is 3. The van der Waals surface area contributed by atoms with Crippen molar-refractivity contribution in [2.75, 3.05) is 6.54 Å². The van der Waals surface area contributed by atoms with Crippen LogP contribution in [0.4, 0.5) is 4.79 Å². The maximum Gasteiger partial charge on any atom is 0.325 e. The van der Waals surface area contributed by atoms with Gasteiger partial charge in [0.15, 0.2) is 0 Å². The van der Waals surface area contributed by atoms with Gasteiger partial charge in [0.05, 0.1) is 6.10 Å². The number of benzene rings is 1. The Morgan fingerprint density at radius 2 is 1.89 bits per heavy atom. The van der Waals surface area contributed by atoms with Crippen molar-refractivity contribution in [2.24, 2.45) is 0 Å². The SMILES string of the molecule is C[C@@H](O)c1ccc(CNC(=O)CCN2C(=O)NC3(CCCCC3)C2=O)cc1. The number of aliphatic hydroxyl groups excluding tert-OH is 1. The Morgan fingerprint density at radius 1 is 1.22 bits per heavy atom. The van der Waals surface area contributed by atoms with E-state index in [9.17, 15) is 19.5 Å². The summed E-state index contributed by atoms with van der Waals surface area (Å²) < 4.78 is 0. The molecule has 0 radical (unpaired) electrons. The number of amides is 4. The van der Waals surface area contributed by atoms with Crippen LogP contribution in [0.5, 0.6) is 0 Å². The highest BCUT2D eigenvalue weighted by atomic mass is 16.3. The van der Waals surface area contributed by atoms with Crippen LogP contribution in [0.3, 0.4) is 0 Å². The lowest BCUT2D eigenvalue weighted by Crippen LogP contribution is -2.48. The number of carbonyl (C=O) groups excluding carboxylic acids is 3. The average molecular weight is 373 g/mol. The van der Waals surface area contributed by atoms with Crippen LogP contribution in [0.15, 0.2) is 24.3 Å². The van der Waals surface area contributed by atoms with Gasteiger partial charge in [0.2, 0.25) is 5.91 Å². The zero-order valence-corrected chi connectivity index (χ0v) is 15.7. The summed E-state index contributed by atoms with van der Waals surface area (Å²) in [5, 5.41) is 15.2. The molecule has 1 aliphatic heterocycles. The zero-order chi connectivity index (χ0) is 19.4. The van der Waals surface area contributed by atoms with E-state index in [0.29, 0.717) is 19.4 Å². The highest BCUT2D eigenvalue weighted by Gasteiger charge is 2.50. The molecular formula is C20H27N3O4. The van der Waals surface area contributed by atoms with E-state index >= 15 is 0 Å². The molecule has 4 amide bonds. The summed E-state index contributed by atoms with van der Waals surface area (Å²) in [6, 6.07) is 6.97. The number of aliphatic hydroxyl groups is 1. The van der Waals surface area contributed by atoms with Crippen LogP contribution in [0.2, 0.25) is 0 Å². The fourth-order valence-corrected chi connectivity index (χ4v) is 3.79. The van der Waals surface area contributed by atoms with Gasteiger partial charge in [-0.2, -0.15) is 0 Å². The van der Waals surface area contributed by atoms with Crippen molar-refractivity contribution in [3.8, 4) is 0 Å². The normalized spacial score (nSPS) is 19.9. The largest absolute Gasteiger partial charge is 0.389 e. The Labute approximate surface area is 159 Å². The van der Waals surface area contributed by atoms with Gasteiger partial charge in [-0.1, -0.05) is 43.5 Å². The molecule has 7 nitrogen and oxygen atoms in total. The summed E-state index contributed by atoms with van der Waals surface area (Å²) in [4.78, 5) is 38.1. The molecule has 1 aromatic rings. The van der Waals surface area contributed by atoms with Crippen LogP contribution >= 0.6 is 0 Å². The van der Waals surface area contributed by atoms with E-state index in [2.05, 4.69) is 10.6 Å². The molecule has 3 N–H and O–H groups in total. The molecule has 1 saturated heterocycles. The van der Waals surface area contributed by atoms with Crippen molar-refractivity contribution < 1.29 is 19.5 Å². The zero-order valence-electron chi connectivity index (χ0n) is 15.7. The van der Waals surface area contributed by atoms with Crippen LogP contribution in [0.25, 0.3) is 0 Å². The van der Waals surface area contributed by atoms with E-state index in [0.717, 1.165) is 30.4 Å². The van der Waals surface area contributed by atoms with Crippen LogP contribution in [-0.2, 0) is 16.1 Å². The van der Waals surface area contributed by atoms with E-state index in [1.807, 2.05) is 24.3 Å². The molecule has 3 rings (SSSR count). The van der Waals surface area contributed by atoms with Gasteiger partial charge in [0.25, 0.3) is 5.91 Å². The standard InChI is InChI=1S/C20H27N3O4/c1-14(24)16-7-5-15(6-8-16)13-21-17(25)9-12-23-18(26)20(22-19(23)27)10-3-2-4-11-20/h5-8,14,24H,2-4,9-13H2,1H3,(H,21,25)(H,22,27)/t14-/m1/s1. The van der Waals surface area contributed by atoms with E-state index in [1.165, 1.54) is 4.90 Å². The molecule has 2 aliphatic rings. The summed E-state index contributed by atoms with van der Waals surface area (Å²) in [5.74, 6) is -0.395. The minimum absolute atomic E-state index is 0.0843. The molecule has 7 heteroatoms. The van der Waals surface area contributed by atoms with Gasteiger partial charge >= 0.3 is 6.03 Å². The average Bonchev–Trinajstić information content (AvgIpc) is 2.88. The van der Waals surface area contributed by atoms with Gasteiger partial charge < -0.3 is 15.7 Å². The molecule has 27 heavy (non-hydrogen) atoms.